The predicted molar refractivity (Wildman–Crippen MR) is 92.7 cm³/mol. The quantitative estimate of drug-likeness (QED) is 0.812. The van der Waals surface area contributed by atoms with E-state index in [9.17, 15) is 14.8 Å². The molecule has 0 aliphatic carbocycles. The minimum atomic E-state index is -0.712. The van der Waals surface area contributed by atoms with Gasteiger partial charge in [0.15, 0.2) is 0 Å². The molecule has 0 aromatic heterocycles. The molecule has 1 saturated heterocycles. The Morgan fingerprint density at radius 1 is 1.28 bits per heavy atom. The summed E-state index contributed by atoms with van der Waals surface area (Å²) in [6.07, 6.45) is 0.371. The van der Waals surface area contributed by atoms with Gasteiger partial charge in [0.25, 0.3) is 0 Å². The van der Waals surface area contributed by atoms with Gasteiger partial charge in [0.05, 0.1) is 6.04 Å². The summed E-state index contributed by atoms with van der Waals surface area (Å²) >= 11 is 0. The molecule has 25 heavy (non-hydrogen) atoms. The Balaban J connectivity index is 2.07. The SMILES string of the molecule is CC(C)(C)OC(=O)N1C[C@H](N(O)Cc2ccccc2)CC[C@H]1C(N)=O. The van der Waals surface area contributed by atoms with E-state index in [1.165, 1.54) is 9.96 Å². The molecule has 7 heteroatoms. The first-order valence-electron chi connectivity index (χ1n) is 8.46. The lowest BCUT2D eigenvalue weighted by molar-refractivity contribution is -0.155. The number of primary amides is 1. The van der Waals surface area contributed by atoms with Crippen molar-refractivity contribution >= 4 is 12.0 Å². The van der Waals surface area contributed by atoms with Crippen molar-refractivity contribution in [3.05, 3.63) is 35.9 Å². The van der Waals surface area contributed by atoms with Gasteiger partial charge >= 0.3 is 6.09 Å². The third-order valence-electron chi connectivity index (χ3n) is 4.12. The van der Waals surface area contributed by atoms with E-state index in [2.05, 4.69) is 0 Å². The first-order chi connectivity index (χ1) is 11.7. The Kier molecular flexibility index (Phi) is 6.02. The average Bonchev–Trinajstić information content (AvgIpc) is 2.53. The van der Waals surface area contributed by atoms with Crippen LogP contribution < -0.4 is 5.73 Å². The molecule has 1 aliphatic heterocycles. The lowest BCUT2D eigenvalue weighted by atomic mass is 9.97. The smallest absolute Gasteiger partial charge is 0.411 e. The maximum absolute atomic E-state index is 12.5. The minimum absolute atomic E-state index is 0.186. The molecule has 0 saturated carbocycles. The van der Waals surface area contributed by atoms with Gasteiger partial charge in [0, 0.05) is 13.1 Å². The van der Waals surface area contributed by atoms with Gasteiger partial charge in [-0.15, -0.1) is 0 Å². The van der Waals surface area contributed by atoms with Crippen LogP contribution in [0, 0.1) is 0 Å². The molecule has 1 heterocycles. The molecule has 2 amide bonds. The van der Waals surface area contributed by atoms with Gasteiger partial charge in [-0.3, -0.25) is 9.69 Å². The third-order valence-corrected chi connectivity index (χ3v) is 4.12. The van der Waals surface area contributed by atoms with Crippen molar-refractivity contribution in [2.75, 3.05) is 6.54 Å². The average molecular weight is 349 g/mol. The van der Waals surface area contributed by atoms with E-state index in [-0.39, 0.29) is 12.6 Å². The van der Waals surface area contributed by atoms with Crippen LogP contribution in [0.2, 0.25) is 0 Å². The van der Waals surface area contributed by atoms with Gasteiger partial charge in [-0.05, 0) is 39.2 Å². The van der Waals surface area contributed by atoms with Crippen molar-refractivity contribution in [2.45, 2.75) is 57.8 Å². The number of carbonyl (C=O) groups excluding carboxylic acids is 2. The zero-order valence-electron chi connectivity index (χ0n) is 15.0. The van der Waals surface area contributed by atoms with E-state index in [0.29, 0.717) is 19.4 Å². The first kappa shape index (κ1) is 19.2. The predicted octanol–water partition coefficient (Wildman–Crippen LogP) is 2.13. The molecule has 138 valence electrons. The Morgan fingerprint density at radius 3 is 2.48 bits per heavy atom. The van der Waals surface area contributed by atoms with Crippen LogP contribution in [0.3, 0.4) is 0 Å². The Hall–Kier alpha value is -2.12. The Labute approximate surface area is 148 Å². The van der Waals surface area contributed by atoms with Crippen LogP contribution in [0.1, 0.15) is 39.2 Å². The van der Waals surface area contributed by atoms with Crippen molar-refractivity contribution in [3.63, 3.8) is 0 Å². The highest BCUT2D eigenvalue weighted by Crippen LogP contribution is 2.24. The number of ether oxygens (including phenoxy) is 1. The van der Waals surface area contributed by atoms with Gasteiger partial charge in [-0.2, -0.15) is 5.06 Å². The number of hydrogen-bond acceptors (Lipinski definition) is 5. The van der Waals surface area contributed by atoms with Crippen LogP contribution in [0.4, 0.5) is 4.79 Å². The van der Waals surface area contributed by atoms with Crippen molar-refractivity contribution < 1.29 is 19.5 Å². The summed E-state index contributed by atoms with van der Waals surface area (Å²) in [6.45, 7) is 5.82. The summed E-state index contributed by atoms with van der Waals surface area (Å²) < 4.78 is 5.38. The summed E-state index contributed by atoms with van der Waals surface area (Å²) in [5.74, 6) is -0.558. The fourth-order valence-corrected chi connectivity index (χ4v) is 2.91. The number of hydroxylamine groups is 2. The summed E-state index contributed by atoms with van der Waals surface area (Å²) in [5.41, 5.74) is 5.73. The lowest BCUT2D eigenvalue weighted by Gasteiger charge is -2.40. The van der Waals surface area contributed by atoms with Gasteiger partial charge < -0.3 is 15.7 Å². The standard InChI is InChI=1S/C18H27N3O4/c1-18(2,3)25-17(23)20-12-14(9-10-15(20)16(19)22)21(24)11-13-7-5-4-6-8-13/h4-8,14-15,24H,9-12H2,1-3H3,(H2,19,22)/t14-,15+/m1/s1. The molecule has 2 atom stereocenters. The molecule has 0 bridgehead atoms. The molecule has 2 rings (SSSR count). The molecule has 3 N–H and O–H groups in total. The van der Waals surface area contributed by atoms with E-state index in [1.807, 2.05) is 30.3 Å². The second kappa shape index (κ2) is 7.84. The molecule has 1 aliphatic rings. The topological polar surface area (TPSA) is 96.1 Å². The molecule has 1 fully saturated rings. The molecular formula is C18H27N3O4. The summed E-state index contributed by atoms with van der Waals surface area (Å²) in [4.78, 5) is 25.5. The van der Waals surface area contributed by atoms with Crippen LogP contribution >= 0.6 is 0 Å². The number of rotatable bonds is 4. The molecule has 1 aromatic rings. The number of carbonyl (C=O) groups is 2. The van der Waals surface area contributed by atoms with Gasteiger partial charge in [-0.1, -0.05) is 30.3 Å². The van der Waals surface area contributed by atoms with Crippen molar-refractivity contribution in [1.82, 2.24) is 9.96 Å². The second-order valence-electron chi connectivity index (χ2n) is 7.37. The highest BCUT2D eigenvalue weighted by atomic mass is 16.6. The lowest BCUT2D eigenvalue weighted by Crippen LogP contribution is -2.57. The number of nitrogens with zero attached hydrogens (tertiary/aromatic N) is 2. The fourth-order valence-electron chi connectivity index (χ4n) is 2.91. The zero-order valence-corrected chi connectivity index (χ0v) is 15.0. The number of nitrogens with two attached hydrogens (primary N) is 1. The number of amides is 2. The van der Waals surface area contributed by atoms with Crippen molar-refractivity contribution in [1.29, 1.82) is 0 Å². The summed E-state index contributed by atoms with van der Waals surface area (Å²) in [5, 5.41) is 11.6. The number of likely N-dealkylation sites (tertiary alicyclic amines) is 1. The zero-order chi connectivity index (χ0) is 18.6. The number of hydrogen-bond donors (Lipinski definition) is 2. The highest BCUT2D eigenvalue weighted by molar-refractivity contribution is 5.84. The van der Waals surface area contributed by atoms with Crippen LogP contribution in [0.25, 0.3) is 0 Å². The molecule has 0 radical (unpaired) electrons. The van der Waals surface area contributed by atoms with E-state index < -0.39 is 23.6 Å². The molecule has 1 aromatic carbocycles. The van der Waals surface area contributed by atoms with Crippen LogP contribution in [-0.2, 0) is 16.1 Å². The first-order valence-corrected chi connectivity index (χ1v) is 8.46. The summed E-state index contributed by atoms with van der Waals surface area (Å²) in [7, 11) is 0. The maximum atomic E-state index is 12.5. The van der Waals surface area contributed by atoms with Crippen molar-refractivity contribution in [2.24, 2.45) is 5.73 Å². The van der Waals surface area contributed by atoms with Crippen molar-refractivity contribution in [3.8, 4) is 0 Å². The second-order valence-corrected chi connectivity index (χ2v) is 7.37. The molecule has 0 spiro atoms. The van der Waals surface area contributed by atoms with Crippen LogP contribution in [0.15, 0.2) is 30.3 Å². The van der Waals surface area contributed by atoms with E-state index >= 15 is 0 Å². The van der Waals surface area contributed by atoms with Gasteiger partial charge in [-0.25, -0.2) is 4.79 Å². The molecule has 7 nitrogen and oxygen atoms in total. The molecular weight excluding hydrogens is 322 g/mol. The van der Waals surface area contributed by atoms with Gasteiger partial charge in [0.1, 0.15) is 11.6 Å². The van der Waals surface area contributed by atoms with Crippen LogP contribution in [-0.4, -0.2) is 51.4 Å². The number of benzene rings is 1. The Bertz CT molecular complexity index is 600. The normalized spacial score (nSPS) is 21.2. The fraction of sp³-hybridized carbons (Fsp3) is 0.556. The molecule has 0 unspecified atom stereocenters. The minimum Gasteiger partial charge on any atom is -0.444 e. The maximum Gasteiger partial charge on any atom is 0.411 e. The van der Waals surface area contributed by atoms with E-state index in [4.69, 9.17) is 10.5 Å². The summed E-state index contributed by atoms with van der Waals surface area (Å²) in [6, 6.07) is 8.56. The van der Waals surface area contributed by atoms with E-state index in [0.717, 1.165) is 5.56 Å². The Morgan fingerprint density at radius 2 is 1.92 bits per heavy atom. The largest absolute Gasteiger partial charge is 0.444 e. The highest BCUT2D eigenvalue weighted by Gasteiger charge is 2.38. The monoisotopic (exact) mass is 349 g/mol. The number of piperidine rings is 1. The third kappa shape index (κ3) is 5.44. The van der Waals surface area contributed by atoms with Gasteiger partial charge in [0.2, 0.25) is 5.91 Å². The van der Waals surface area contributed by atoms with Crippen LogP contribution in [0.5, 0.6) is 0 Å². The van der Waals surface area contributed by atoms with E-state index in [1.54, 1.807) is 20.8 Å².